The van der Waals surface area contributed by atoms with Crippen molar-refractivity contribution in [2.45, 2.75) is 37.3 Å². The number of benzene rings is 2. The van der Waals surface area contributed by atoms with Gasteiger partial charge in [-0.15, -0.1) is 16.7 Å². The van der Waals surface area contributed by atoms with Crippen LogP contribution in [-0.2, 0) is 18.0 Å². The lowest BCUT2D eigenvalue weighted by Gasteiger charge is -2.39. The molecular weight excluding hydrogens is 580 g/mol. The Morgan fingerprint density at radius 3 is 2.66 bits per heavy atom. The van der Waals surface area contributed by atoms with Crippen LogP contribution in [0.1, 0.15) is 50.1 Å². The molecule has 2 saturated heterocycles. The summed E-state index contributed by atoms with van der Waals surface area (Å²) in [6.07, 6.45) is 7.23. The Balaban J connectivity index is 1.03. The number of thioether (sulfide) groups is 1. The number of amides is 3. The van der Waals surface area contributed by atoms with Crippen molar-refractivity contribution in [2.24, 2.45) is 11.8 Å². The SMILES string of the molecule is C=CC(Cn1cc(CON2C(=O)c3ccccc3C2=O)nn1)C1CCN2C(=O)SC(c3ccnc4ccc(OC)cc34)C2C1. The minimum atomic E-state index is -0.489. The zero-order valence-corrected chi connectivity index (χ0v) is 24.9. The number of hydroxylamine groups is 2. The number of nitrogens with zero attached hydrogens (tertiary/aromatic N) is 6. The summed E-state index contributed by atoms with van der Waals surface area (Å²) in [7, 11) is 1.65. The highest BCUT2D eigenvalue weighted by Crippen LogP contribution is 2.50. The summed E-state index contributed by atoms with van der Waals surface area (Å²) in [6, 6.07) is 14.5. The predicted octanol–water partition coefficient (Wildman–Crippen LogP) is 5.05. The standard InChI is InChI=1S/C32H30N6O5S/c1-3-19(16-36-17-21(34-35-36)18-43-38-30(39)24-6-4-5-7-25(24)31(38)40)20-11-13-37-28(14-20)29(44-32(37)41)23-10-12-33-27-9-8-22(42-2)15-26(23)27/h3-10,12,15,17,19-20,28-29H,1,11,13-14,16,18H2,2H3. The molecule has 4 unspecified atom stereocenters. The van der Waals surface area contributed by atoms with Crippen LogP contribution < -0.4 is 4.74 Å². The van der Waals surface area contributed by atoms with Crippen molar-refractivity contribution in [1.82, 2.24) is 29.9 Å². The minimum Gasteiger partial charge on any atom is -0.497 e. The number of aromatic nitrogens is 4. The van der Waals surface area contributed by atoms with E-state index in [0.717, 1.165) is 40.1 Å². The second kappa shape index (κ2) is 11.5. The van der Waals surface area contributed by atoms with Crippen LogP contribution in [-0.4, -0.2) is 66.7 Å². The number of hydrogen-bond donors (Lipinski definition) is 0. The summed E-state index contributed by atoms with van der Waals surface area (Å²) in [5.74, 6) is 0.160. The monoisotopic (exact) mass is 610 g/mol. The van der Waals surface area contributed by atoms with E-state index in [0.29, 0.717) is 29.9 Å². The number of carbonyl (C=O) groups excluding carboxylic acids is 3. The first kappa shape index (κ1) is 28.2. The average molecular weight is 611 g/mol. The first-order valence-corrected chi connectivity index (χ1v) is 15.4. The second-order valence-corrected chi connectivity index (χ2v) is 12.3. The van der Waals surface area contributed by atoms with Crippen LogP contribution in [0, 0.1) is 11.8 Å². The summed E-state index contributed by atoms with van der Waals surface area (Å²) in [5.41, 5.74) is 3.11. The lowest BCUT2D eigenvalue weighted by Crippen LogP contribution is -2.43. The second-order valence-electron chi connectivity index (χ2n) is 11.2. The third-order valence-corrected chi connectivity index (χ3v) is 10.0. The maximum atomic E-state index is 13.1. The van der Waals surface area contributed by atoms with E-state index >= 15 is 0 Å². The molecule has 3 amide bonds. The van der Waals surface area contributed by atoms with Crippen molar-refractivity contribution in [3.05, 3.63) is 96.0 Å². The van der Waals surface area contributed by atoms with Gasteiger partial charge in [-0.2, -0.15) is 0 Å². The van der Waals surface area contributed by atoms with Gasteiger partial charge in [0.2, 0.25) is 0 Å². The van der Waals surface area contributed by atoms with Crippen molar-refractivity contribution in [3.63, 3.8) is 0 Å². The number of rotatable bonds is 9. The maximum Gasteiger partial charge on any atom is 0.285 e. The highest BCUT2D eigenvalue weighted by molar-refractivity contribution is 8.14. The molecule has 12 heteroatoms. The molecule has 2 fully saturated rings. The molecule has 224 valence electrons. The molecule has 3 aliphatic heterocycles. The molecule has 44 heavy (non-hydrogen) atoms. The van der Waals surface area contributed by atoms with Crippen LogP contribution in [0.5, 0.6) is 5.75 Å². The van der Waals surface area contributed by atoms with E-state index < -0.39 is 11.8 Å². The number of fused-ring (bicyclic) bond motifs is 3. The molecule has 0 radical (unpaired) electrons. The van der Waals surface area contributed by atoms with Gasteiger partial charge < -0.3 is 9.64 Å². The Hall–Kier alpha value is -4.55. The van der Waals surface area contributed by atoms with Gasteiger partial charge in [-0.25, -0.2) is 0 Å². The molecule has 0 aliphatic carbocycles. The summed E-state index contributed by atoms with van der Waals surface area (Å²) in [5, 5.41) is 10.3. The summed E-state index contributed by atoms with van der Waals surface area (Å²) >= 11 is 1.39. The number of piperidine rings is 1. The van der Waals surface area contributed by atoms with E-state index in [1.807, 2.05) is 41.4 Å². The molecular formula is C32H30N6O5S. The smallest absolute Gasteiger partial charge is 0.285 e. The van der Waals surface area contributed by atoms with E-state index in [2.05, 4.69) is 21.9 Å². The Bertz CT molecular complexity index is 1760. The Labute approximate surface area is 257 Å². The van der Waals surface area contributed by atoms with E-state index in [9.17, 15) is 14.4 Å². The summed E-state index contributed by atoms with van der Waals surface area (Å²) < 4.78 is 7.22. The molecule has 4 atom stereocenters. The van der Waals surface area contributed by atoms with E-state index in [4.69, 9.17) is 9.57 Å². The number of pyridine rings is 1. The molecule has 7 rings (SSSR count). The number of imide groups is 1. The van der Waals surface area contributed by atoms with Gasteiger partial charge in [0.05, 0.1) is 35.2 Å². The summed E-state index contributed by atoms with van der Waals surface area (Å²) in [4.78, 5) is 50.4. The van der Waals surface area contributed by atoms with Gasteiger partial charge in [0.15, 0.2) is 0 Å². The first-order chi connectivity index (χ1) is 21.4. The molecule has 4 aromatic rings. The molecule has 2 aromatic heterocycles. The fourth-order valence-corrected chi connectivity index (χ4v) is 7.84. The lowest BCUT2D eigenvalue weighted by molar-refractivity contribution is -0.102. The number of carbonyl (C=O) groups is 3. The molecule has 0 saturated carbocycles. The molecule has 0 bridgehead atoms. The van der Waals surface area contributed by atoms with Crippen LogP contribution in [0.2, 0.25) is 0 Å². The maximum absolute atomic E-state index is 13.1. The van der Waals surface area contributed by atoms with Gasteiger partial charge in [0, 0.05) is 30.7 Å². The van der Waals surface area contributed by atoms with Gasteiger partial charge in [0.1, 0.15) is 18.1 Å². The van der Waals surface area contributed by atoms with Gasteiger partial charge in [0.25, 0.3) is 17.1 Å². The molecule has 0 N–H and O–H groups in total. The summed E-state index contributed by atoms with van der Waals surface area (Å²) in [6.45, 7) is 5.30. The number of hydrogen-bond acceptors (Lipinski definition) is 9. The van der Waals surface area contributed by atoms with Crippen LogP contribution >= 0.6 is 11.8 Å². The van der Waals surface area contributed by atoms with Crippen molar-refractivity contribution in [3.8, 4) is 5.75 Å². The Kier molecular flexibility index (Phi) is 7.39. The van der Waals surface area contributed by atoms with Crippen molar-refractivity contribution < 1.29 is 24.0 Å². The largest absolute Gasteiger partial charge is 0.497 e. The molecule has 0 spiro atoms. The molecule has 2 aromatic carbocycles. The zero-order chi connectivity index (χ0) is 30.4. The Morgan fingerprint density at radius 1 is 1.11 bits per heavy atom. The Morgan fingerprint density at radius 2 is 1.91 bits per heavy atom. The highest BCUT2D eigenvalue weighted by Gasteiger charge is 2.46. The van der Waals surface area contributed by atoms with E-state index in [1.165, 1.54) is 11.8 Å². The van der Waals surface area contributed by atoms with Crippen LogP contribution in [0.3, 0.4) is 0 Å². The zero-order valence-electron chi connectivity index (χ0n) is 24.0. The van der Waals surface area contributed by atoms with Gasteiger partial charge >= 0.3 is 0 Å². The molecule has 3 aliphatic rings. The van der Waals surface area contributed by atoms with Crippen molar-refractivity contribution in [1.29, 1.82) is 0 Å². The molecule has 5 heterocycles. The van der Waals surface area contributed by atoms with Crippen molar-refractivity contribution >= 4 is 39.7 Å². The van der Waals surface area contributed by atoms with Crippen LogP contribution in [0.4, 0.5) is 4.79 Å². The highest BCUT2D eigenvalue weighted by atomic mass is 32.2. The quantitative estimate of drug-likeness (QED) is 0.189. The van der Waals surface area contributed by atoms with E-state index in [-0.39, 0.29) is 35.0 Å². The average Bonchev–Trinajstić information content (AvgIpc) is 3.72. The topological polar surface area (TPSA) is 120 Å². The van der Waals surface area contributed by atoms with Gasteiger partial charge in [-0.05, 0) is 66.6 Å². The van der Waals surface area contributed by atoms with E-state index in [1.54, 1.807) is 42.3 Å². The number of allylic oxidation sites excluding steroid dienone is 1. The normalized spacial score (nSPS) is 21.9. The fourth-order valence-electron chi connectivity index (χ4n) is 6.52. The van der Waals surface area contributed by atoms with Crippen molar-refractivity contribution in [2.75, 3.05) is 13.7 Å². The fraction of sp³-hybridized carbons (Fsp3) is 0.312. The van der Waals surface area contributed by atoms with Gasteiger partial charge in [-0.3, -0.25) is 28.9 Å². The van der Waals surface area contributed by atoms with Gasteiger partial charge in [-0.1, -0.05) is 35.2 Å². The molecule has 11 nitrogen and oxygen atoms in total. The lowest BCUT2D eigenvalue weighted by atomic mass is 9.79. The van der Waals surface area contributed by atoms with Crippen LogP contribution in [0.25, 0.3) is 10.9 Å². The minimum absolute atomic E-state index is 0.0226. The predicted molar refractivity (Wildman–Crippen MR) is 163 cm³/mol. The van der Waals surface area contributed by atoms with Crippen LogP contribution in [0.15, 0.2) is 73.6 Å². The third kappa shape index (κ3) is 4.93. The first-order valence-electron chi connectivity index (χ1n) is 14.5. The number of methoxy groups -OCH3 is 1. The number of ether oxygens (including phenoxy) is 1. The third-order valence-electron chi connectivity index (χ3n) is 8.78.